The fourth-order valence-corrected chi connectivity index (χ4v) is 2.14. The van der Waals surface area contributed by atoms with Crippen molar-refractivity contribution < 1.29 is 4.79 Å². The number of rotatable bonds is 7. The van der Waals surface area contributed by atoms with Gasteiger partial charge in [0.1, 0.15) is 0 Å². The quantitative estimate of drug-likeness (QED) is 0.606. The van der Waals surface area contributed by atoms with Crippen LogP contribution in [0.1, 0.15) is 41.6 Å². The number of hydrogen-bond donors (Lipinski definition) is 1. The van der Waals surface area contributed by atoms with Crippen LogP contribution in [0.2, 0.25) is 0 Å². The van der Waals surface area contributed by atoms with Crippen molar-refractivity contribution in [1.82, 2.24) is 0 Å². The van der Waals surface area contributed by atoms with Crippen LogP contribution in [0, 0.1) is 0 Å². The summed E-state index contributed by atoms with van der Waals surface area (Å²) in [6.07, 6.45) is 5.73. The first-order valence-corrected chi connectivity index (χ1v) is 6.81. The zero-order chi connectivity index (χ0) is 11.8. The highest BCUT2D eigenvalue weighted by molar-refractivity contribution is 9.09. The van der Waals surface area contributed by atoms with Crippen molar-refractivity contribution in [1.29, 1.82) is 0 Å². The maximum absolute atomic E-state index is 11.2. The predicted molar refractivity (Wildman–Crippen MR) is 70.9 cm³/mol. The molecule has 0 aliphatic carbocycles. The lowest BCUT2D eigenvalue weighted by Gasteiger charge is -2.05. The predicted octanol–water partition coefficient (Wildman–Crippen LogP) is 3.28. The van der Waals surface area contributed by atoms with E-state index in [1.54, 1.807) is 6.07 Å². The average molecular weight is 284 g/mol. The molecular weight excluding hydrogens is 266 g/mol. The molecule has 0 heterocycles. The summed E-state index contributed by atoms with van der Waals surface area (Å²) in [5, 5.41) is 1.07. The van der Waals surface area contributed by atoms with E-state index >= 15 is 0 Å². The van der Waals surface area contributed by atoms with Gasteiger partial charge >= 0.3 is 0 Å². The van der Waals surface area contributed by atoms with Gasteiger partial charge in [0.2, 0.25) is 5.91 Å². The van der Waals surface area contributed by atoms with Crippen LogP contribution in [0.25, 0.3) is 0 Å². The standard InChI is InChI=1S/C13H18BrNO/c14-10-6-2-1-3-7-11-8-4-5-9-12(11)13(15)16/h4-5,8-9H,1-3,6-7,10H2,(H2,15,16). The van der Waals surface area contributed by atoms with Crippen molar-refractivity contribution in [3.05, 3.63) is 35.4 Å². The summed E-state index contributed by atoms with van der Waals surface area (Å²) < 4.78 is 0. The molecule has 0 bridgehead atoms. The average Bonchev–Trinajstić information content (AvgIpc) is 2.29. The molecule has 1 amide bonds. The van der Waals surface area contributed by atoms with E-state index in [0.717, 1.165) is 23.7 Å². The number of primary amides is 1. The summed E-state index contributed by atoms with van der Waals surface area (Å²) >= 11 is 3.42. The summed E-state index contributed by atoms with van der Waals surface area (Å²) in [7, 11) is 0. The Bertz CT molecular complexity index is 338. The van der Waals surface area contributed by atoms with Crippen LogP contribution >= 0.6 is 15.9 Å². The van der Waals surface area contributed by atoms with Crippen molar-refractivity contribution in [2.75, 3.05) is 5.33 Å². The van der Waals surface area contributed by atoms with Gasteiger partial charge < -0.3 is 5.73 Å². The van der Waals surface area contributed by atoms with Gasteiger partial charge in [-0.2, -0.15) is 0 Å². The zero-order valence-electron chi connectivity index (χ0n) is 9.42. The van der Waals surface area contributed by atoms with E-state index in [9.17, 15) is 4.79 Å². The molecular formula is C13H18BrNO. The molecule has 1 aromatic rings. The van der Waals surface area contributed by atoms with Crippen LogP contribution in [0.5, 0.6) is 0 Å². The van der Waals surface area contributed by atoms with Gasteiger partial charge in [-0.3, -0.25) is 4.79 Å². The van der Waals surface area contributed by atoms with E-state index in [4.69, 9.17) is 5.73 Å². The molecule has 0 unspecified atom stereocenters. The van der Waals surface area contributed by atoms with Crippen molar-refractivity contribution >= 4 is 21.8 Å². The number of amides is 1. The summed E-state index contributed by atoms with van der Waals surface area (Å²) in [6.45, 7) is 0. The highest BCUT2D eigenvalue weighted by Crippen LogP contribution is 2.13. The van der Waals surface area contributed by atoms with Crippen molar-refractivity contribution in [3.8, 4) is 0 Å². The summed E-state index contributed by atoms with van der Waals surface area (Å²) in [5.41, 5.74) is 7.07. The molecule has 88 valence electrons. The monoisotopic (exact) mass is 283 g/mol. The normalized spacial score (nSPS) is 10.3. The fourth-order valence-electron chi connectivity index (χ4n) is 1.74. The van der Waals surface area contributed by atoms with Crippen LogP contribution in [0.15, 0.2) is 24.3 Å². The Morgan fingerprint density at radius 1 is 1.12 bits per heavy atom. The first-order valence-electron chi connectivity index (χ1n) is 5.69. The van der Waals surface area contributed by atoms with Crippen LogP contribution in [0.3, 0.4) is 0 Å². The first kappa shape index (κ1) is 13.2. The molecule has 2 N–H and O–H groups in total. The van der Waals surface area contributed by atoms with Gasteiger partial charge in [0.25, 0.3) is 0 Å². The van der Waals surface area contributed by atoms with Crippen LogP contribution < -0.4 is 5.73 Å². The van der Waals surface area contributed by atoms with Crippen LogP contribution in [-0.2, 0) is 6.42 Å². The number of alkyl halides is 1. The molecule has 0 atom stereocenters. The molecule has 0 saturated heterocycles. The Labute approximate surface area is 105 Å². The van der Waals surface area contributed by atoms with Gasteiger partial charge in [0.05, 0.1) is 0 Å². The molecule has 0 aromatic heterocycles. The minimum absolute atomic E-state index is 0.323. The maximum Gasteiger partial charge on any atom is 0.248 e. The van der Waals surface area contributed by atoms with Gasteiger partial charge in [-0.1, -0.05) is 47.0 Å². The Balaban J connectivity index is 2.44. The highest BCUT2D eigenvalue weighted by Gasteiger charge is 2.05. The Kier molecular flexibility index (Phi) is 6.16. The minimum Gasteiger partial charge on any atom is -0.366 e. The number of carbonyl (C=O) groups is 1. The van der Waals surface area contributed by atoms with E-state index in [0.29, 0.717) is 5.56 Å². The van der Waals surface area contributed by atoms with Crippen LogP contribution in [-0.4, -0.2) is 11.2 Å². The second-order valence-corrected chi connectivity index (χ2v) is 4.67. The van der Waals surface area contributed by atoms with E-state index in [-0.39, 0.29) is 5.91 Å². The number of carbonyl (C=O) groups excluding carboxylic acids is 1. The lowest BCUT2D eigenvalue weighted by molar-refractivity contribution is 0.0999. The zero-order valence-corrected chi connectivity index (χ0v) is 11.0. The van der Waals surface area contributed by atoms with Gasteiger partial charge in [-0.25, -0.2) is 0 Å². The van der Waals surface area contributed by atoms with Crippen molar-refractivity contribution in [2.45, 2.75) is 32.1 Å². The Hall–Kier alpha value is -0.830. The number of aryl methyl sites for hydroxylation is 1. The van der Waals surface area contributed by atoms with Crippen molar-refractivity contribution in [2.24, 2.45) is 5.73 Å². The molecule has 0 fully saturated rings. The van der Waals surface area contributed by atoms with Gasteiger partial charge in [0, 0.05) is 10.9 Å². The summed E-state index contributed by atoms with van der Waals surface area (Å²) in [4.78, 5) is 11.2. The maximum atomic E-state index is 11.2. The van der Waals surface area contributed by atoms with E-state index in [1.807, 2.05) is 18.2 Å². The summed E-state index contributed by atoms with van der Waals surface area (Å²) in [6, 6.07) is 7.61. The molecule has 0 aliphatic heterocycles. The third-order valence-electron chi connectivity index (χ3n) is 2.61. The van der Waals surface area contributed by atoms with Crippen LogP contribution in [0.4, 0.5) is 0 Å². The van der Waals surface area contributed by atoms with Gasteiger partial charge in [0.15, 0.2) is 0 Å². The van der Waals surface area contributed by atoms with E-state index < -0.39 is 0 Å². The third-order valence-corrected chi connectivity index (χ3v) is 3.17. The highest BCUT2D eigenvalue weighted by atomic mass is 79.9. The first-order chi connectivity index (χ1) is 7.75. The smallest absolute Gasteiger partial charge is 0.248 e. The Morgan fingerprint density at radius 3 is 2.50 bits per heavy atom. The SMILES string of the molecule is NC(=O)c1ccccc1CCCCCCBr. The third kappa shape index (κ3) is 4.35. The molecule has 2 nitrogen and oxygen atoms in total. The van der Waals surface area contributed by atoms with Gasteiger partial charge in [-0.15, -0.1) is 0 Å². The lowest BCUT2D eigenvalue weighted by Crippen LogP contribution is -2.13. The Morgan fingerprint density at radius 2 is 1.81 bits per heavy atom. The number of benzene rings is 1. The largest absolute Gasteiger partial charge is 0.366 e. The molecule has 0 aliphatic rings. The van der Waals surface area contributed by atoms with Gasteiger partial charge in [-0.05, 0) is 30.9 Å². The molecule has 0 saturated carbocycles. The number of hydrogen-bond acceptors (Lipinski definition) is 1. The summed E-state index contributed by atoms with van der Waals surface area (Å²) in [5.74, 6) is -0.323. The molecule has 0 radical (unpaired) electrons. The topological polar surface area (TPSA) is 43.1 Å². The van der Waals surface area contributed by atoms with Crippen molar-refractivity contribution in [3.63, 3.8) is 0 Å². The molecule has 0 spiro atoms. The number of nitrogens with two attached hydrogens (primary N) is 1. The minimum atomic E-state index is -0.323. The second kappa shape index (κ2) is 7.44. The number of halogens is 1. The van der Waals surface area contributed by atoms with E-state index in [1.165, 1.54) is 19.3 Å². The molecule has 1 aromatic carbocycles. The lowest BCUT2D eigenvalue weighted by atomic mass is 10.0. The molecule has 3 heteroatoms. The van der Waals surface area contributed by atoms with E-state index in [2.05, 4.69) is 15.9 Å². The molecule has 16 heavy (non-hydrogen) atoms. The fraction of sp³-hybridized carbons (Fsp3) is 0.462. The number of unbranched alkanes of at least 4 members (excludes halogenated alkanes) is 3. The second-order valence-electron chi connectivity index (χ2n) is 3.87. The molecule has 1 rings (SSSR count).